The van der Waals surface area contributed by atoms with Crippen LogP contribution in [0.1, 0.15) is 39.7 Å². The molecule has 0 amide bonds. The maximum Gasteiger partial charge on any atom is 0.349 e. The number of hydrogen-bond acceptors (Lipinski definition) is 12. The second-order valence-corrected chi connectivity index (χ2v) is 11.3. The quantitative estimate of drug-likeness (QED) is 0.189. The van der Waals surface area contributed by atoms with E-state index in [1.54, 1.807) is 36.4 Å². The van der Waals surface area contributed by atoms with E-state index < -0.39 is 72.2 Å². The average molecular weight is 621 g/mol. The van der Waals surface area contributed by atoms with Gasteiger partial charge in [-0.1, -0.05) is 60.3 Å². The van der Waals surface area contributed by atoms with Crippen molar-refractivity contribution in [3.63, 3.8) is 0 Å². The van der Waals surface area contributed by atoms with Crippen LogP contribution in [0, 0.1) is 0 Å². The number of hydrogen-bond donors (Lipinski definition) is 2. The molecule has 0 spiro atoms. The number of carbonyl (C=O) groups is 4. The molecule has 1 heterocycles. The zero-order valence-electron chi connectivity index (χ0n) is 24.5. The minimum absolute atomic E-state index is 0.0651. The summed E-state index contributed by atoms with van der Waals surface area (Å²) in [6.07, 6.45) is -6.40. The van der Waals surface area contributed by atoms with Crippen molar-refractivity contribution < 1.29 is 58.4 Å². The first-order valence-electron chi connectivity index (χ1n) is 13.7. The fraction of sp³-hybridized carbons (Fsp3) is 0.467. The molecule has 1 aliphatic heterocycles. The van der Waals surface area contributed by atoms with Gasteiger partial charge in [0, 0.05) is 32.1 Å². The highest BCUT2D eigenvalue weighted by Gasteiger charge is 2.59. The van der Waals surface area contributed by atoms with Gasteiger partial charge < -0.3 is 39.3 Å². The molecule has 1 aliphatic rings. The smallest absolute Gasteiger partial charge is 0.349 e. The van der Waals surface area contributed by atoms with Gasteiger partial charge in [-0.25, -0.2) is 4.79 Å². The van der Waals surface area contributed by atoms with Gasteiger partial charge in [0.25, 0.3) is 0 Å². The molecular weight excluding hydrogens is 582 g/mol. The Kier molecular flexibility index (Phi) is 12.5. The number of carbonyl (C=O) groups excluding carboxylic acids is 4. The van der Waals surface area contributed by atoms with Crippen LogP contribution in [0.4, 0.5) is 0 Å². The lowest BCUT2D eigenvalue weighted by atomic mass is 9.90. The number of aliphatic hydroxyl groups is 1. The van der Waals surface area contributed by atoms with Crippen LogP contribution < -0.4 is 5.73 Å². The number of quaternary nitrogens is 1. The molecule has 2 aromatic rings. The number of rotatable bonds is 13. The van der Waals surface area contributed by atoms with Crippen molar-refractivity contribution in [3.05, 3.63) is 66.2 Å². The lowest BCUT2D eigenvalue weighted by Crippen LogP contribution is -2.79. The highest BCUT2D eigenvalue weighted by atomic mass is 32.2. The van der Waals surface area contributed by atoms with Crippen LogP contribution in [0.2, 0.25) is 0 Å². The summed E-state index contributed by atoms with van der Waals surface area (Å²) in [5, 5.41) is 10.1. The predicted molar refractivity (Wildman–Crippen MR) is 152 cm³/mol. The van der Waals surface area contributed by atoms with Crippen molar-refractivity contribution >= 4 is 35.6 Å². The normalized spacial score (nSPS) is 23.7. The van der Waals surface area contributed by atoms with E-state index in [-0.39, 0.29) is 13.0 Å². The van der Waals surface area contributed by atoms with E-state index in [4.69, 9.17) is 28.4 Å². The molecule has 43 heavy (non-hydrogen) atoms. The average Bonchev–Trinajstić information content (AvgIpc) is 2.95. The molecule has 0 aromatic heterocycles. The van der Waals surface area contributed by atoms with Crippen LogP contribution in [0.3, 0.4) is 0 Å². The molecule has 4 N–H and O–H groups in total. The van der Waals surface area contributed by atoms with Gasteiger partial charge in [-0.15, -0.1) is 0 Å². The standard InChI is InChI=1S/C30H37NO11S/c1-18(32)37-17-25(40-20(3)34)27(41-21(4)35)28-26(31)24(39-19(2)33)15-30(42-28,43-23-13-9-6-10-14-23)29(36)38-16-22-11-7-5-8-12-22/h5-14,20,24-28,34H,15-17,31H2,1-4H3/p+1/t20?,24?,25-,26-,27-,28?,30-/m1/s1. The van der Waals surface area contributed by atoms with Crippen molar-refractivity contribution in [1.82, 2.24) is 0 Å². The van der Waals surface area contributed by atoms with Crippen molar-refractivity contribution in [3.8, 4) is 0 Å². The lowest BCUT2D eigenvalue weighted by molar-refractivity contribution is -0.475. The van der Waals surface area contributed by atoms with Crippen LogP contribution in [0.5, 0.6) is 0 Å². The second kappa shape index (κ2) is 15.8. The van der Waals surface area contributed by atoms with Gasteiger partial charge in [-0.05, 0) is 24.6 Å². The maximum absolute atomic E-state index is 14.0. The summed E-state index contributed by atoms with van der Waals surface area (Å²) in [6, 6.07) is 17.1. The summed E-state index contributed by atoms with van der Waals surface area (Å²) in [7, 11) is 0. The molecule has 3 rings (SSSR count). The third-order valence-electron chi connectivity index (χ3n) is 6.38. The molecule has 234 valence electrons. The van der Waals surface area contributed by atoms with E-state index in [0.29, 0.717) is 4.90 Å². The van der Waals surface area contributed by atoms with E-state index >= 15 is 0 Å². The summed E-state index contributed by atoms with van der Waals surface area (Å²) in [6.45, 7) is 4.39. The highest BCUT2D eigenvalue weighted by molar-refractivity contribution is 8.01. The summed E-state index contributed by atoms with van der Waals surface area (Å²) in [4.78, 5) is 49.0. The Labute approximate surface area is 254 Å². The number of thioether (sulfide) groups is 1. The van der Waals surface area contributed by atoms with Crippen LogP contribution in [0.15, 0.2) is 65.6 Å². The van der Waals surface area contributed by atoms with E-state index in [2.05, 4.69) is 5.73 Å². The van der Waals surface area contributed by atoms with E-state index in [1.165, 1.54) is 20.8 Å². The third-order valence-corrected chi connectivity index (χ3v) is 7.64. The maximum atomic E-state index is 14.0. The van der Waals surface area contributed by atoms with Gasteiger partial charge in [-0.3, -0.25) is 14.4 Å². The molecular formula is C30H38NO11S+. The first kappa shape index (κ1) is 34.0. The van der Waals surface area contributed by atoms with E-state index in [9.17, 15) is 24.3 Å². The Morgan fingerprint density at radius 3 is 2.16 bits per heavy atom. The minimum Gasteiger partial charge on any atom is -0.463 e. The SMILES string of the molecule is CC(=O)OC[C@@H](OC(C)O)[C@@H](OC(C)=O)C1O[C@](Sc2ccccc2)(C(=O)OCc2ccccc2)CC(OC(C)=O)[C@H]1[NH3+]. The van der Waals surface area contributed by atoms with Gasteiger partial charge >= 0.3 is 23.9 Å². The number of benzene rings is 2. The lowest BCUT2D eigenvalue weighted by Gasteiger charge is -2.46. The fourth-order valence-corrected chi connectivity index (χ4v) is 5.82. The van der Waals surface area contributed by atoms with Crippen molar-refractivity contribution in [1.29, 1.82) is 0 Å². The first-order valence-corrected chi connectivity index (χ1v) is 14.5. The Hall–Kier alpha value is -3.49. The number of esters is 4. The number of aliphatic hydroxyl groups excluding tert-OH is 1. The molecule has 7 atom stereocenters. The molecule has 0 radical (unpaired) electrons. The van der Waals surface area contributed by atoms with Crippen LogP contribution >= 0.6 is 11.8 Å². The highest BCUT2D eigenvalue weighted by Crippen LogP contribution is 2.45. The molecule has 1 fully saturated rings. The molecule has 13 heteroatoms. The Bertz CT molecular complexity index is 1230. The van der Waals surface area contributed by atoms with Crippen LogP contribution in [-0.4, -0.2) is 77.3 Å². The first-order chi connectivity index (χ1) is 20.4. The van der Waals surface area contributed by atoms with Crippen molar-refractivity contribution in [2.24, 2.45) is 0 Å². The summed E-state index contributed by atoms with van der Waals surface area (Å²) >= 11 is 1.04. The monoisotopic (exact) mass is 620 g/mol. The van der Waals surface area contributed by atoms with E-state index in [0.717, 1.165) is 24.2 Å². The summed E-state index contributed by atoms with van der Waals surface area (Å²) in [5.41, 5.74) is 4.88. The van der Waals surface area contributed by atoms with Gasteiger partial charge in [-0.2, -0.15) is 0 Å². The summed E-state index contributed by atoms with van der Waals surface area (Å²) in [5.74, 6) is -2.79. The molecule has 0 bridgehead atoms. The van der Waals surface area contributed by atoms with Gasteiger partial charge in [0.1, 0.15) is 19.3 Å². The van der Waals surface area contributed by atoms with Gasteiger partial charge in [0.05, 0.1) is 0 Å². The van der Waals surface area contributed by atoms with E-state index in [1.807, 2.05) is 24.3 Å². The molecule has 0 saturated carbocycles. The Morgan fingerprint density at radius 1 is 0.977 bits per heavy atom. The number of ether oxygens (including phenoxy) is 6. The fourth-order valence-electron chi connectivity index (χ4n) is 4.60. The topological polar surface area (TPSA) is 172 Å². The third kappa shape index (κ3) is 10.0. The second-order valence-electron chi connectivity index (χ2n) is 9.98. The van der Waals surface area contributed by atoms with Crippen LogP contribution in [0.25, 0.3) is 0 Å². The Balaban J connectivity index is 2.10. The van der Waals surface area contributed by atoms with Gasteiger partial charge in [0.15, 0.2) is 30.6 Å². The van der Waals surface area contributed by atoms with Gasteiger partial charge in [0.2, 0.25) is 4.93 Å². The largest absolute Gasteiger partial charge is 0.463 e. The molecule has 0 aliphatic carbocycles. The zero-order chi connectivity index (χ0) is 31.6. The predicted octanol–water partition coefficient (Wildman–Crippen LogP) is 1.77. The molecule has 12 nitrogen and oxygen atoms in total. The summed E-state index contributed by atoms with van der Waals surface area (Å²) < 4.78 is 34.3. The minimum atomic E-state index is -1.82. The van der Waals surface area contributed by atoms with Crippen molar-refractivity contribution in [2.75, 3.05) is 6.61 Å². The van der Waals surface area contributed by atoms with Crippen LogP contribution in [-0.2, 0) is 54.2 Å². The Morgan fingerprint density at radius 2 is 1.60 bits per heavy atom. The molecule has 1 saturated heterocycles. The molecule has 3 unspecified atom stereocenters. The zero-order valence-corrected chi connectivity index (χ0v) is 25.3. The van der Waals surface area contributed by atoms with Crippen molar-refractivity contribution in [2.45, 2.75) is 87.3 Å². The molecule has 2 aromatic carbocycles.